The maximum atomic E-state index is 5.40. The number of nitrogens with zero attached hydrogens (tertiary/aromatic N) is 5. The Morgan fingerprint density at radius 1 is 1.10 bits per heavy atom. The Labute approximate surface area is 173 Å². The molecular weight excluding hydrogens is 378 g/mol. The molecule has 0 aliphatic rings. The number of nitrogens with one attached hydrogen (secondary N) is 2. The van der Waals surface area contributed by atoms with E-state index in [1.165, 1.54) is 0 Å². The molecule has 0 fully saturated rings. The van der Waals surface area contributed by atoms with Crippen LogP contribution in [0.15, 0.2) is 65.8 Å². The second kappa shape index (κ2) is 7.82. The average Bonchev–Trinajstić information content (AvgIpc) is 3.51. The maximum Gasteiger partial charge on any atom is 0.179 e. The first-order valence-corrected chi connectivity index (χ1v) is 9.78. The van der Waals surface area contributed by atoms with E-state index in [9.17, 15) is 0 Å². The van der Waals surface area contributed by atoms with Crippen molar-refractivity contribution in [2.75, 3.05) is 5.32 Å². The van der Waals surface area contributed by atoms with E-state index in [2.05, 4.69) is 36.4 Å². The fraction of sp³-hybridized carbons (Fsp3) is 0.182. The third kappa shape index (κ3) is 3.80. The molecule has 0 aromatic carbocycles. The van der Waals surface area contributed by atoms with Gasteiger partial charge in [0.05, 0.1) is 23.8 Å². The van der Waals surface area contributed by atoms with Crippen LogP contribution in [0.25, 0.3) is 22.4 Å². The zero-order chi connectivity index (χ0) is 20.3. The van der Waals surface area contributed by atoms with Crippen LogP contribution < -0.4 is 5.32 Å². The minimum absolute atomic E-state index is 0.653. The number of hydrogen-bond donors (Lipinski definition) is 2. The number of hydrogen-bond acceptors (Lipinski definition) is 6. The molecule has 5 aromatic heterocycles. The number of rotatable bonds is 7. The number of aromatic amines is 1. The van der Waals surface area contributed by atoms with Crippen LogP contribution in [0.4, 0.5) is 5.69 Å². The molecule has 0 bridgehead atoms. The third-order valence-electron chi connectivity index (χ3n) is 4.94. The van der Waals surface area contributed by atoms with Crippen molar-refractivity contribution in [3.8, 4) is 11.3 Å². The summed E-state index contributed by atoms with van der Waals surface area (Å²) in [5.41, 5.74) is 5.59. The molecule has 8 nitrogen and oxygen atoms in total. The highest BCUT2D eigenvalue weighted by molar-refractivity contribution is 5.85. The van der Waals surface area contributed by atoms with Crippen molar-refractivity contribution in [2.45, 2.75) is 19.4 Å². The molecule has 2 N–H and O–H groups in total. The molecule has 5 heterocycles. The minimum Gasteiger partial charge on any atom is -0.469 e. The number of fused-ring (bicyclic) bond motifs is 1. The molecule has 30 heavy (non-hydrogen) atoms. The lowest BCUT2D eigenvalue weighted by atomic mass is 10.2. The first-order valence-electron chi connectivity index (χ1n) is 9.78. The number of anilines is 1. The van der Waals surface area contributed by atoms with Crippen LogP contribution >= 0.6 is 0 Å². The molecule has 0 aliphatic heterocycles. The fourth-order valence-electron chi connectivity index (χ4n) is 3.37. The highest BCUT2D eigenvalue weighted by Gasteiger charge is 2.09. The van der Waals surface area contributed by atoms with E-state index in [4.69, 9.17) is 4.42 Å². The van der Waals surface area contributed by atoms with E-state index in [1.54, 1.807) is 17.1 Å². The Bertz CT molecular complexity index is 1250. The molecule has 5 rings (SSSR count). The van der Waals surface area contributed by atoms with Crippen LogP contribution in [-0.4, -0.2) is 29.7 Å². The lowest BCUT2D eigenvalue weighted by Gasteiger charge is -2.07. The van der Waals surface area contributed by atoms with Gasteiger partial charge in [0.2, 0.25) is 0 Å². The van der Waals surface area contributed by atoms with Crippen molar-refractivity contribution in [1.29, 1.82) is 0 Å². The molecular formula is C22H21N7O. The molecule has 5 aromatic rings. The summed E-state index contributed by atoms with van der Waals surface area (Å²) in [7, 11) is 1.90. The first-order chi connectivity index (χ1) is 14.7. The number of furan rings is 1. The molecule has 0 unspecified atom stereocenters. The van der Waals surface area contributed by atoms with Crippen molar-refractivity contribution >= 4 is 16.9 Å². The monoisotopic (exact) mass is 399 g/mol. The third-order valence-corrected chi connectivity index (χ3v) is 4.94. The summed E-state index contributed by atoms with van der Waals surface area (Å²) in [6, 6.07) is 9.91. The molecule has 0 spiro atoms. The van der Waals surface area contributed by atoms with Gasteiger partial charge in [0.1, 0.15) is 17.1 Å². The van der Waals surface area contributed by atoms with Crippen LogP contribution in [-0.2, 0) is 26.4 Å². The molecule has 0 aliphatic carbocycles. The molecule has 0 radical (unpaired) electrons. The second-order valence-corrected chi connectivity index (χ2v) is 7.13. The Kier molecular flexibility index (Phi) is 4.72. The zero-order valence-corrected chi connectivity index (χ0v) is 16.5. The largest absolute Gasteiger partial charge is 0.469 e. The van der Waals surface area contributed by atoms with Gasteiger partial charge in [-0.1, -0.05) is 6.07 Å². The van der Waals surface area contributed by atoms with E-state index >= 15 is 0 Å². The number of H-pyrrole nitrogens is 1. The van der Waals surface area contributed by atoms with Crippen molar-refractivity contribution < 1.29 is 4.42 Å². The predicted molar refractivity (Wildman–Crippen MR) is 114 cm³/mol. The Morgan fingerprint density at radius 2 is 2.07 bits per heavy atom. The van der Waals surface area contributed by atoms with Gasteiger partial charge in [-0.15, -0.1) is 0 Å². The quantitative estimate of drug-likeness (QED) is 0.433. The lowest BCUT2D eigenvalue weighted by Crippen LogP contribution is -2.01. The number of aryl methyl sites for hydroxylation is 3. The van der Waals surface area contributed by atoms with Gasteiger partial charge in [0.25, 0.3) is 0 Å². The number of pyridine rings is 2. The summed E-state index contributed by atoms with van der Waals surface area (Å²) in [6.45, 7) is 0.653. The van der Waals surface area contributed by atoms with Crippen molar-refractivity contribution in [1.82, 2.24) is 29.7 Å². The summed E-state index contributed by atoms with van der Waals surface area (Å²) in [5.74, 6) is 1.84. The summed E-state index contributed by atoms with van der Waals surface area (Å²) in [4.78, 5) is 16.9. The summed E-state index contributed by atoms with van der Waals surface area (Å²) in [5, 5.41) is 7.66. The van der Waals surface area contributed by atoms with Crippen molar-refractivity contribution in [2.24, 2.45) is 7.05 Å². The van der Waals surface area contributed by atoms with Gasteiger partial charge in [-0.2, -0.15) is 5.10 Å². The van der Waals surface area contributed by atoms with Crippen LogP contribution in [0.3, 0.4) is 0 Å². The van der Waals surface area contributed by atoms with Gasteiger partial charge < -0.3 is 14.7 Å². The summed E-state index contributed by atoms with van der Waals surface area (Å²) < 4.78 is 7.17. The highest BCUT2D eigenvalue weighted by atomic mass is 16.3. The van der Waals surface area contributed by atoms with Gasteiger partial charge >= 0.3 is 0 Å². The SMILES string of the molecule is Cn1cc(-c2ccc(CNc3ccnc4nc(CCc5ccco5)[nH]c34)cn2)cn1. The highest BCUT2D eigenvalue weighted by Crippen LogP contribution is 2.21. The van der Waals surface area contributed by atoms with Crippen molar-refractivity contribution in [3.63, 3.8) is 0 Å². The number of aromatic nitrogens is 6. The predicted octanol–water partition coefficient (Wildman–Crippen LogP) is 3.74. The number of imidazole rings is 1. The average molecular weight is 399 g/mol. The smallest absolute Gasteiger partial charge is 0.179 e. The topological polar surface area (TPSA) is 97.5 Å². The van der Waals surface area contributed by atoms with Gasteiger partial charge in [-0.3, -0.25) is 9.67 Å². The zero-order valence-electron chi connectivity index (χ0n) is 16.5. The van der Waals surface area contributed by atoms with Crippen LogP contribution in [0, 0.1) is 0 Å². The van der Waals surface area contributed by atoms with Crippen LogP contribution in [0.1, 0.15) is 17.1 Å². The van der Waals surface area contributed by atoms with Gasteiger partial charge in [0.15, 0.2) is 5.65 Å². The van der Waals surface area contributed by atoms with Gasteiger partial charge in [-0.25, -0.2) is 9.97 Å². The molecule has 8 heteroatoms. The standard InChI is InChI=1S/C22H21N7O/c1-29-14-16(13-26-29)18-6-4-15(11-24-18)12-25-19-8-9-23-22-21(19)27-20(28-22)7-5-17-3-2-10-30-17/h2-4,6,8-11,13-14H,5,7,12H2,1H3,(H2,23,25,27,28). The van der Waals surface area contributed by atoms with E-state index in [0.717, 1.165) is 52.5 Å². The summed E-state index contributed by atoms with van der Waals surface area (Å²) >= 11 is 0. The first kappa shape index (κ1) is 18.1. The molecule has 0 amide bonds. The van der Waals surface area contributed by atoms with E-state index in [0.29, 0.717) is 12.2 Å². The Morgan fingerprint density at radius 3 is 2.83 bits per heavy atom. The van der Waals surface area contributed by atoms with Crippen LogP contribution in [0.5, 0.6) is 0 Å². The summed E-state index contributed by atoms with van der Waals surface area (Å²) in [6.07, 6.45) is 10.7. The fourth-order valence-corrected chi connectivity index (χ4v) is 3.37. The minimum atomic E-state index is 0.653. The normalized spacial score (nSPS) is 11.2. The van der Waals surface area contributed by atoms with Gasteiger partial charge in [0, 0.05) is 50.6 Å². The molecule has 0 saturated carbocycles. The van der Waals surface area contributed by atoms with E-state index in [1.807, 2.05) is 49.9 Å². The van der Waals surface area contributed by atoms with E-state index < -0.39 is 0 Å². The molecule has 0 saturated heterocycles. The van der Waals surface area contributed by atoms with Gasteiger partial charge in [-0.05, 0) is 29.8 Å². The Balaban J connectivity index is 1.28. The second-order valence-electron chi connectivity index (χ2n) is 7.13. The molecule has 150 valence electrons. The lowest BCUT2D eigenvalue weighted by molar-refractivity contribution is 0.507. The van der Waals surface area contributed by atoms with Crippen LogP contribution in [0.2, 0.25) is 0 Å². The van der Waals surface area contributed by atoms with Crippen molar-refractivity contribution in [3.05, 3.63) is 78.5 Å². The molecule has 0 atom stereocenters. The maximum absolute atomic E-state index is 5.40. The van der Waals surface area contributed by atoms with E-state index in [-0.39, 0.29) is 0 Å². The Hall–Kier alpha value is -3.94.